The molecule has 4 aromatic heterocycles. The molecule has 0 aliphatic carbocycles. The predicted molar refractivity (Wildman–Crippen MR) is 108 cm³/mol. The number of hydrogen-bond donors (Lipinski definition) is 0. The molecule has 0 saturated heterocycles. The summed E-state index contributed by atoms with van der Waals surface area (Å²) in [7, 11) is 3.21. The predicted octanol–water partition coefficient (Wildman–Crippen LogP) is 3.61. The van der Waals surface area contributed by atoms with Crippen LogP contribution in [0.3, 0.4) is 0 Å². The molecule has 0 aliphatic heterocycles. The van der Waals surface area contributed by atoms with Crippen LogP contribution in [-0.4, -0.2) is 34.2 Å². The molecule has 0 saturated carbocycles. The smallest absolute Gasteiger partial charge is 0.257 e. The molecule has 0 unspecified atom stereocenters. The molecule has 0 amide bonds. The van der Waals surface area contributed by atoms with Crippen molar-refractivity contribution >= 4 is 10.9 Å². The third kappa shape index (κ3) is 4.24. The third-order valence-corrected chi connectivity index (χ3v) is 4.51. The van der Waals surface area contributed by atoms with Crippen LogP contribution in [0.2, 0.25) is 0 Å². The Morgan fingerprint density at radius 3 is 2.59 bits per heavy atom. The number of ether oxygens (including phenoxy) is 3. The van der Waals surface area contributed by atoms with Crippen LogP contribution in [0.5, 0.6) is 17.4 Å². The van der Waals surface area contributed by atoms with E-state index in [2.05, 4.69) is 19.9 Å². The fourth-order valence-electron chi connectivity index (χ4n) is 3.02. The molecule has 0 fully saturated rings. The maximum absolute atomic E-state index is 5.81. The first-order chi connectivity index (χ1) is 14.3. The Hall–Kier alpha value is -3.74. The lowest BCUT2D eigenvalue weighted by Crippen LogP contribution is -2.02. The Balaban J connectivity index is 1.51. The molecule has 7 heteroatoms. The van der Waals surface area contributed by atoms with Gasteiger partial charge in [0.05, 0.1) is 37.8 Å². The molecule has 0 atom stereocenters. The number of hydrogen-bond acceptors (Lipinski definition) is 7. The zero-order valence-electron chi connectivity index (χ0n) is 16.2. The van der Waals surface area contributed by atoms with Gasteiger partial charge in [0.25, 0.3) is 5.88 Å². The Kier molecular flexibility index (Phi) is 5.47. The largest absolute Gasteiger partial charge is 0.495 e. The quantitative estimate of drug-likeness (QED) is 0.478. The van der Waals surface area contributed by atoms with Gasteiger partial charge in [-0.05, 0) is 47.9 Å². The summed E-state index contributed by atoms with van der Waals surface area (Å²) in [5.74, 6) is 1.71. The number of methoxy groups -OCH3 is 2. The van der Waals surface area contributed by atoms with Crippen molar-refractivity contribution in [3.63, 3.8) is 0 Å². The topological polar surface area (TPSA) is 79.2 Å². The third-order valence-electron chi connectivity index (χ3n) is 4.51. The average molecular weight is 388 g/mol. The van der Waals surface area contributed by atoms with Gasteiger partial charge < -0.3 is 14.2 Å². The van der Waals surface area contributed by atoms with E-state index in [4.69, 9.17) is 14.2 Å². The monoisotopic (exact) mass is 388 g/mol. The Bertz CT molecular complexity index is 1110. The van der Waals surface area contributed by atoms with E-state index in [-0.39, 0.29) is 6.61 Å². The Labute approximate surface area is 168 Å². The van der Waals surface area contributed by atoms with Crippen LogP contribution in [0.15, 0.2) is 61.3 Å². The molecule has 4 heterocycles. The van der Waals surface area contributed by atoms with Crippen molar-refractivity contribution in [3.05, 3.63) is 78.1 Å². The first kappa shape index (κ1) is 18.6. The van der Waals surface area contributed by atoms with E-state index in [1.807, 2.05) is 30.3 Å². The van der Waals surface area contributed by atoms with E-state index in [1.54, 1.807) is 45.2 Å². The van der Waals surface area contributed by atoms with E-state index in [0.29, 0.717) is 23.8 Å². The fourth-order valence-corrected chi connectivity index (χ4v) is 3.02. The summed E-state index contributed by atoms with van der Waals surface area (Å²) in [5.41, 5.74) is 3.81. The number of nitrogens with zero attached hydrogens (tertiary/aromatic N) is 4. The summed E-state index contributed by atoms with van der Waals surface area (Å²) in [4.78, 5) is 17.2. The van der Waals surface area contributed by atoms with Gasteiger partial charge in [-0.1, -0.05) is 0 Å². The lowest BCUT2D eigenvalue weighted by Gasteiger charge is -2.12. The molecule has 0 bridgehead atoms. The highest BCUT2D eigenvalue weighted by Crippen LogP contribution is 2.28. The second-order valence-electron chi connectivity index (χ2n) is 6.37. The summed E-state index contributed by atoms with van der Waals surface area (Å²) in [6, 6.07) is 9.62. The van der Waals surface area contributed by atoms with Crippen LogP contribution in [0.25, 0.3) is 10.9 Å². The number of fused-ring (bicyclic) bond motifs is 1. The van der Waals surface area contributed by atoms with E-state index >= 15 is 0 Å². The minimum atomic E-state index is 0.286. The molecule has 7 nitrogen and oxygen atoms in total. The average Bonchev–Trinajstić information content (AvgIpc) is 2.78. The lowest BCUT2D eigenvalue weighted by molar-refractivity contribution is 0.268. The summed E-state index contributed by atoms with van der Waals surface area (Å²) >= 11 is 0. The van der Waals surface area contributed by atoms with Crippen molar-refractivity contribution in [2.24, 2.45) is 0 Å². The second-order valence-corrected chi connectivity index (χ2v) is 6.37. The van der Waals surface area contributed by atoms with Gasteiger partial charge in [0, 0.05) is 24.0 Å². The first-order valence-corrected chi connectivity index (χ1v) is 9.09. The molecule has 0 aliphatic rings. The van der Waals surface area contributed by atoms with Gasteiger partial charge in [-0.2, -0.15) is 0 Å². The van der Waals surface area contributed by atoms with Crippen molar-refractivity contribution in [3.8, 4) is 17.4 Å². The van der Waals surface area contributed by atoms with E-state index in [0.717, 1.165) is 27.7 Å². The molecule has 0 aromatic carbocycles. The molecular formula is C22H20N4O3. The summed E-state index contributed by atoms with van der Waals surface area (Å²) in [5, 5.41) is 1.08. The molecule has 4 aromatic rings. The number of rotatable bonds is 7. The maximum Gasteiger partial charge on any atom is 0.257 e. The first-order valence-electron chi connectivity index (χ1n) is 9.09. The van der Waals surface area contributed by atoms with Crippen LogP contribution in [-0.2, 0) is 13.0 Å². The summed E-state index contributed by atoms with van der Waals surface area (Å²) < 4.78 is 16.4. The van der Waals surface area contributed by atoms with Crippen LogP contribution >= 0.6 is 0 Å². The maximum atomic E-state index is 5.81. The van der Waals surface area contributed by atoms with Crippen molar-refractivity contribution < 1.29 is 14.2 Å². The highest BCUT2D eigenvalue weighted by Gasteiger charge is 2.10. The molecule has 0 N–H and O–H groups in total. The Morgan fingerprint density at radius 2 is 1.79 bits per heavy atom. The van der Waals surface area contributed by atoms with Crippen LogP contribution in [0, 0.1) is 0 Å². The molecule has 0 spiro atoms. The molecule has 0 radical (unpaired) electrons. The van der Waals surface area contributed by atoms with Gasteiger partial charge in [-0.15, -0.1) is 0 Å². The molecular weight excluding hydrogens is 368 g/mol. The number of aromatic nitrogens is 4. The van der Waals surface area contributed by atoms with Gasteiger partial charge in [0.15, 0.2) is 5.75 Å². The van der Waals surface area contributed by atoms with Crippen molar-refractivity contribution in [2.75, 3.05) is 14.2 Å². The SMILES string of the molecule is COc1ccc(COc2ncc(Cc3ccnc4cnccc34)cc2OC)nc1. The lowest BCUT2D eigenvalue weighted by atomic mass is 10.0. The minimum Gasteiger partial charge on any atom is -0.495 e. The standard InChI is InChI=1S/C22H20N4O3/c1-27-18-4-3-17(25-12-18)14-29-22-21(28-2)10-15(11-26-22)9-16-5-8-24-20-13-23-7-6-19(16)20/h3-8,10-13H,9,14H2,1-2H3. The van der Waals surface area contributed by atoms with E-state index < -0.39 is 0 Å². The Morgan fingerprint density at radius 1 is 0.862 bits per heavy atom. The van der Waals surface area contributed by atoms with Gasteiger partial charge >= 0.3 is 0 Å². The zero-order chi connectivity index (χ0) is 20.1. The zero-order valence-corrected chi connectivity index (χ0v) is 16.2. The van der Waals surface area contributed by atoms with Gasteiger partial charge in [0.2, 0.25) is 0 Å². The molecule has 146 valence electrons. The normalized spacial score (nSPS) is 10.7. The summed E-state index contributed by atoms with van der Waals surface area (Å²) in [6.45, 7) is 0.286. The van der Waals surface area contributed by atoms with Crippen LogP contribution in [0.4, 0.5) is 0 Å². The van der Waals surface area contributed by atoms with Gasteiger partial charge in [-0.25, -0.2) is 4.98 Å². The highest BCUT2D eigenvalue weighted by molar-refractivity contribution is 5.81. The van der Waals surface area contributed by atoms with Gasteiger partial charge in [-0.3, -0.25) is 15.0 Å². The molecule has 4 rings (SSSR count). The van der Waals surface area contributed by atoms with Crippen LogP contribution < -0.4 is 14.2 Å². The van der Waals surface area contributed by atoms with E-state index in [9.17, 15) is 0 Å². The van der Waals surface area contributed by atoms with Crippen molar-refractivity contribution in [1.29, 1.82) is 0 Å². The minimum absolute atomic E-state index is 0.286. The molecule has 29 heavy (non-hydrogen) atoms. The van der Waals surface area contributed by atoms with Crippen LogP contribution in [0.1, 0.15) is 16.8 Å². The second kappa shape index (κ2) is 8.52. The van der Waals surface area contributed by atoms with Crippen molar-refractivity contribution in [1.82, 2.24) is 19.9 Å². The van der Waals surface area contributed by atoms with Gasteiger partial charge in [0.1, 0.15) is 12.4 Å². The van der Waals surface area contributed by atoms with Crippen molar-refractivity contribution in [2.45, 2.75) is 13.0 Å². The van der Waals surface area contributed by atoms with E-state index in [1.165, 1.54) is 0 Å². The highest BCUT2D eigenvalue weighted by atomic mass is 16.5. The number of pyridine rings is 4. The summed E-state index contributed by atoms with van der Waals surface area (Å²) in [6.07, 6.45) is 9.49. The fraction of sp³-hybridized carbons (Fsp3) is 0.182.